The molecule has 0 bridgehead atoms. The Hall–Kier alpha value is -1.76. The predicted octanol–water partition coefficient (Wildman–Crippen LogP) is 5.41. The van der Waals surface area contributed by atoms with Crippen LogP contribution in [0.2, 0.25) is 0 Å². The van der Waals surface area contributed by atoms with Gasteiger partial charge in [-0.25, -0.2) is 0 Å². The number of fused-ring (bicyclic) bond motifs is 3. The summed E-state index contributed by atoms with van der Waals surface area (Å²) < 4.78 is 0. The molecule has 0 unspecified atom stereocenters. The van der Waals surface area contributed by atoms with E-state index in [0.29, 0.717) is 5.75 Å². The van der Waals surface area contributed by atoms with E-state index in [1.54, 1.807) is 6.07 Å². The molecule has 19 heavy (non-hydrogen) atoms. The van der Waals surface area contributed by atoms with Crippen LogP contribution >= 0.6 is 0 Å². The van der Waals surface area contributed by atoms with Crippen molar-refractivity contribution >= 4 is 0 Å². The number of aromatic hydroxyl groups is 1. The molecular formula is C18H24O. The first-order valence-electron chi connectivity index (χ1n) is 7.16. The van der Waals surface area contributed by atoms with Gasteiger partial charge in [0.15, 0.2) is 0 Å². The summed E-state index contributed by atoms with van der Waals surface area (Å²) in [5, 5.41) is 9.38. The molecule has 102 valence electrons. The van der Waals surface area contributed by atoms with Gasteiger partial charge in [0.05, 0.1) is 0 Å². The highest BCUT2D eigenvalue weighted by Gasteiger charge is 2.17. The molecule has 0 fully saturated rings. The highest BCUT2D eigenvalue weighted by Crippen LogP contribution is 2.37. The summed E-state index contributed by atoms with van der Waals surface area (Å²) in [6.07, 6.45) is 2.19. The Morgan fingerprint density at radius 1 is 0.895 bits per heavy atom. The molecule has 1 N–H and O–H groups in total. The summed E-state index contributed by atoms with van der Waals surface area (Å²) in [6, 6.07) is 14.0. The van der Waals surface area contributed by atoms with Crippen LogP contribution in [0.5, 0.6) is 5.75 Å². The van der Waals surface area contributed by atoms with Crippen molar-refractivity contribution in [3.8, 4) is 16.9 Å². The van der Waals surface area contributed by atoms with Crippen molar-refractivity contribution in [1.29, 1.82) is 0 Å². The first-order chi connectivity index (χ1) is 9.26. The molecule has 2 aromatic rings. The van der Waals surface area contributed by atoms with Crippen LogP contribution in [0.3, 0.4) is 0 Å². The largest absolute Gasteiger partial charge is 0.508 e. The van der Waals surface area contributed by atoms with Crippen molar-refractivity contribution in [1.82, 2.24) is 0 Å². The van der Waals surface area contributed by atoms with Gasteiger partial charge in [0.1, 0.15) is 5.75 Å². The first-order valence-corrected chi connectivity index (χ1v) is 7.16. The maximum Gasteiger partial charge on any atom is 0.115 e. The van der Waals surface area contributed by atoms with Gasteiger partial charge in [0, 0.05) is 0 Å². The molecule has 0 saturated heterocycles. The lowest BCUT2D eigenvalue weighted by Gasteiger charge is -1.99. The van der Waals surface area contributed by atoms with Crippen LogP contribution in [0.1, 0.15) is 45.2 Å². The highest BCUT2D eigenvalue weighted by molar-refractivity contribution is 5.77. The van der Waals surface area contributed by atoms with Crippen LogP contribution < -0.4 is 0 Å². The monoisotopic (exact) mass is 256 g/mol. The second kappa shape index (κ2) is 7.63. The Morgan fingerprint density at radius 3 is 2.16 bits per heavy atom. The normalized spacial score (nSPS) is 10.3. The van der Waals surface area contributed by atoms with E-state index in [4.69, 9.17) is 0 Å². The van der Waals surface area contributed by atoms with Crippen molar-refractivity contribution in [3.05, 3.63) is 53.6 Å². The number of phenolic OH excluding ortho intramolecular Hbond substituents is 1. The minimum atomic E-state index is 0.358. The maximum atomic E-state index is 9.38. The maximum absolute atomic E-state index is 9.38. The van der Waals surface area contributed by atoms with Crippen molar-refractivity contribution < 1.29 is 5.11 Å². The molecule has 1 nitrogen and oxygen atoms in total. The van der Waals surface area contributed by atoms with E-state index in [1.807, 2.05) is 26.0 Å². The summed E-state index contributed by atoms with van der Waals surface area (Å²) in [4.78, 5) is 0. The van der Waals surface area contributed by atoms with E-state index in [2.05, 4.69) is 38.1 Å². The zero-order valence-corrected chi connectivity index (χ0v) is 12.4. The molecule has 1 aliphatic rings. The van der Waals surface area contributed by atoms with Crippen LogP contribution in [-0.4, -0.2) is 5.11 Å². The van der Waals surface area contributed by atoms with Gasteiger partial charge in [-0.15, -0.1) is 0 Å². The Labute approximate surface area is 116 Å². The van der Waals surface area contributed by atoms with Gasteiger partial charge in [0.2, 0.25) is 0 Å². The lowest BCUT2D eigenvalue weighted by molar-refractivity contribution is 0.475. The van der Waals surface area contributed by atoms with Crippen LogP contribution in [0.4, 0.5) is 0 Å². The summed E-state index contributed by atoms with van der Waals surface area (Å²) in [7, 11) is 0. The van der Waals surface area contributed by atoms with Gasteiger partial charge < -0.3 is 5.11 Å². The van der Waals surface area contributed by atoms with E-state index in [1.165, 1.54) is 28.7 Å². The molecule has 3 rings (SSSR count). The minimum Gasteiger partial charge on any atom is -0.508 e. The molecule has 2 aromatic carbocycles. The third-order valence-electron chi connectivity index (χ3n) is 2.78. The molecule has 0 heterocycles. The summed E-state index contributed by atoms with van der Waals surface area (Å²) in [5.41, 5.74) is 5.15. The molecule has 0 amide bonds. The molecule has 1 heteroatoms. The average Bonchev–Trinajstić information content (AvgIpc) is 2.79. The van der Waals surface area contributed by atoms with Gasteiger partial charge in [-0.05, 0) is 40.8 Å². The number of hydrogen-bond donors (Lipinski definition) is 1. The van der Waals surface area contributed by atoms with Gasteiger partial charge in [0.25, 0.3) is 0 Å². The molecule has 0 aliphatic heterocycles. The fourth-order valence-corrected chi connectivity index (χ4v) is 2.13. The summed E-state index contributed by atoms with van der Waals surface area (Å²) >= 11 is 0. The molecular weight excluding hydrogens is 232 g/mol. The zero-order chi connectivity index (χ0) is 14.3. The number of benzene rings is 2. The van der Waals surface area contributed by atoms with Crippen LogP contribution in [-0.2, 0) is 6.42 Å². The lowest BCUT2D eigenvalue weighted by Crippen LogP contribution is -1.78. The van der Waals surface area contributed by atoms with Crippen molar-refractivity contribution in [2.75, 3.05) is 0 Å². The van der Waals surface area contributed by atoms with Gasteiger partial charge in [-0.1, -0.05) is 64.4 Å². The van der Waals surface area contributed by atoms with Gasteiger partial charge >= 0.3 is 0 Å². The van der Waals surface area contributed by atoms with Gasteiger partial charge in [-0.2, -0.15) is 0 Å². The van der Waals surface area contributed by atoms with Crippen LogP contribution in [0.25, 0.3) is 11.1 Å². The van der Waals surface area contributed by atoms with Crippen molar-refractivity contribution in [2.45, 2.75) is 40.5 Å². The molecule has 0 saturated carbocycles. The molecule has 0 spiro atoms. The first kappa shape index (κ1) is 15.3. The van der Waals surface area contributed by atoms with E-state index < -0.39 is 0 Å². The summed E-state index contributed by atoms with van der Waals surface area (Å²) in [5.74, 6) is 0.358. The third-order valence-corrected chi connectivity index (χ3v) is 2.78. The second-order valence-electron chi connectivity index (χ2n) is 4.38. The fraction of sp³-hybridized carbons (Fsp3) is 0.333. The van der Waals surface area contributed by atoms with Crippen LogP contribution in [0, 0.1) is 0 Å². The van der Waals surface area contributed by atoms with E-state index >= 15 is 0 Å². The Bertz CT molecular complexity index is 515. The Kier molecular flexibility index (Phi) is 6.14. The van der Waals surface area contributed by atoms with Crippen molar-refractivity contribution in [3.63, 3.8) is 0 Å². The highest BCUT2D eigenvalue weighted by atomic mass is 16.3. The average molecular weight is 256 g/mol. The number of rotatable bonds is 0. The van der Waals surface area contributed by atoms with E-state index in [0.717, 1.165) is 6.42 Å². The molecule has 0 radical (unpaired) electrons. The lowest BCUT2D eigenvalue weighted by atomic mass is 10.1. The molecule has 1 aliphatic carbocycles. The molecule has 0 aromatic heterocycles. The SMILES string of the molecule is CC.CCC.Oc1ccc2c(c1)Cc1ccccc1-2. The predicted molar refractivity (Wildman–Crippen MR) is 83.7 cm³/mol. The van der Waals surface area contributed by atoms with E-state index in [9.17, 15) is 5.11 Å². The minimum absolute atomic E-state index is 0.358. The Morgan fingerprint density at radius 2 is 1.47 bits per heavy atom. The molecule has 0 atom stereocenters. The quantitative estimate of drug-likeness (QED) is 0.570. The van der Waals surface area contributed by atoms with Crippen molar-refractivity contribution in [2.24, 2.45) is 0 Å². The summed E-state index contributed by atoms with van der Waals surface area (Å²) in [6.45, 7) is 8.25. The third kappa shape index (κ3) is 3.60. The second-order valence-corrected chi connectivity index (χ2v) is 4.38. The zero-order valence-electron chi connectivity index (χ0n) is 12.4. The fourth-order valence-electron chi connectivity index (χ4n) is 2.13. The number of phenols is 1. The van der Waals surface area contributed by atoms with Gasteiger partial charge in [-0.3, -0.25) is 0 Å². The number of hydrogen-bond acceptors (Lipinski definition) is 1. The topological polar surface area (TPSA) is 20.2 Å². The van der Waals surface area contributed by atoms with Crippen LogP contribution in [0.15, 0.2) is 42.5 Å². The smallest absolute Gasteiger partial charge is 0.115 e. The Balaban J connectivity index is 0.000000321. The standard InChI is InChI=1S/C13H10O.C3H8.C2H6/c14-11-5-6-13-10(8-11)7-9-3-1-2-4-12(9)13;1-3-2;1-2/h1-6,8,14H,7H2;3H2,1-2H3;1-2H3. The van der Waals surface area contributed by atoms with E-state index in [-0.39, 0.29) is 0 Å².